The van der Waals surface area contributed by atoms with Gasteiger partial charge in [-0.15, -0.1) is 6.58 Å². The number of hydrogen-bond donors (Lipinski definition) is 1. The molecule has 8 nitrogen and oxygen atoms in total. The Kier molecular flexibility index (Phi) is 8.19. The maximum atomic E-state index is 14.1. The molecule has 37 heavy (non-hydrogen) atoms. The lowest BCUT2D eigenvalue weighted by molar-refractivity contribution is -0.197. The minimum Gasteiger partial charge on any atom is -0.497 e. The van der Waals surface area contributed by atoms with Gasteiger partial charge < -0.3 is 29.2 Å². The molecule has 0 unspecified atom stereocenters. The molecule has 4 rings (SSSR count). The Morgan fingerprint density at radius 1 is 0.973 bits per heavy atom. The van der Waals surface area contributed by atoms with Gasteiger partial charge in [-0.3, -0.25) is 9.59 Å². The molecule has 1 saturated heterocycles. The predicted molar refractivity (Wildman–Crippen MR) is 141 cm³/mol. The minimum atomic E-state index is -1.10. The summed E-state index contributed by atoms with van der Waals surface area (Å²) in [6.45, 7) is 6.63. The molecular formula is C29H36N2O6. The number of carbonyl (C=O) groups excluding carboxylic acids is 2. The summed E-state index contributed by atoms with van der Waals surface area (Å²) in [5.41, 5.74) is 0.544. The first-order valence-corrected chi connectivity index (χ1v) is 12.6. The second-order valence-electron chi connectivity index (χ2n) is 9.57. The fraction of sp³-hybridized carbons (Fsp3) is 0.448. The van der Waals surface area contributed by atoms with E-state index in [4.69, 9.17) is 18.9 Å². The molecule has 2 aromatic carbocycles. The summed E-state index contributed by atoms with van der Waals surface area (Å²) in [5, 5.41) is 3.06. The average molecular weight is 509 g/mol. The third kappa shape index (κ3) is 5.65. The number of ether oxygens (including phenoxy) is 4. The number of rotatable bonds is 9. The van der Waals surface area contributed by atoms with Gasteiger partial charge in [0.2, 0.25) is 11.8 Å². The van der Waals surface area contributed by atoms with E-state index in [9.17, 15) is 9.59 Å². The molecule has 0 bridgehead atoms. The number of carbonyl (C=O) groups is 2. The van der Waals surface area contributed by atoms with Gasteiger partial charge in [-0.1, -0.05) is 18.2 Å². The molecule has 1 saturated carbocycles. The number of hydrogen-bond acceptors (Lipinski definition) is 6. The molecule has 1 aliphatic heterocycles. The van der Waals surface area contributed by atoms with Crippen molar-refractivity contribution in [2.24, 2.45) is 0 Å². The van der Waals surface area contributed by atoms with Crippen molar-refractivity contribution in [2.75, 3.05) is 32.8 Å². The summed E-state index contributed by atoms with van der Waals surface area (Å²) in [7, 11) is 3.22. The van der Waals surface area contributed by atoms with Gasteiger partial charge in [0, 0.05) is 25.5 Å². The Labute approximate surface area is 218 Å². The van der Waals surface area contributed by atoms with Gasteiger partial charge in [-0.05, 0) is 61.2 Å². The predicted octanol–water partition coefficient (Wildman–Crippen LogP) is 4.34. The van der Waals surface area contributed by atoms with Crippen LogP contribution in [0.5, 0.6) is 11.5 Å². The quantitative estimate of drug-likeness (QED) is 0.507. The maximum Gasteiger partial charge on any atom is 0.250 e. The van der Waals surface area contributed by atoms with Gasteiger partial charge in [0.05, 0.1) is 33.5 Å². The van der Waals surface area contributed by atoms with E-state index >= 15 is 0 Å². The number of nitrogens with one attached hydrogen (secondary N) is 1. The Morgan fingerprint density at radius 3 is 2.00 bits per heavy atom. The lowest BCUT2D eigenvalue weighted by atomic mass is 9.75. The van der Waals surface area contributed by atoms with Crippen molar-refractivity contribution >= 4 is 17.5 Å². The molecule has 2 fully saturated rings. The number of methoxy groups -OCH3 is 2. The van der Waals surface area contributed by atoms with E-state index in [2.05, 4.69) is 11.9 Å². The fourth-order valence-corrected chi connectivity index (χ4v) is 5.46. The third-order valence-electron chi connectivity index (χ3n) is 7.43. The first kappa shape index (κ1) is 26.7. The van der Waals surface area contributed by atoms with E-state index < -0.39 is 17.4 Å². The van der Waals surface area contributed by atoms with Crippen LogP contribution < -0.4 is 14.8 Å². The topological polar surface area (TPSA) is 86.3 Å². The molecule has 1 spiro atoms. The van der Waals surface area contributed by atoms with E-state index in [1.807, 2.05) is 24.3 Å². The van der Waals surface area contributed by atoms with Crippen LogP contribution in [0.25, 0.3) is 0 Å². The van der Waals surface area contributed by atoms with Gasteiger partial charge in [0.15, 0.2) is 5.79 Å². The number of benzene rings is 2. The van der Waals surface area contributed by atoms with E-state index in [1.54, 1.807) is 49.5 Å². The molecule has 1 aliphatic carbocycles. The zero-order valence-electron chi connectivity index (χ0n) is 21.8. The van der Waals surface area contributed by atoms with Gasteiger partial charge in [0.1, 0.15) is 17.0 Å². The molecule has 1 N–H and O–H groups in total. The van der Waals surface area contributed by atoms with E-state index in [-0.39, 0.29) is 11.8 Å². The minimum absolute atomic E-state index is 0.187. The van der Waals surface area contributed by atoms with Crippen LogP contribution in [0.15, 0.2) is 61.2 Å². The molecule has 0 radical (unpaired) electrons. The molecule has 0 aromatic heterocycles. The Hall–Kier alpha value is -3.36. The summed E-state index contributed by atoms with van der Waals surface area (Å²) in [6.07, 6.45) is 4.10. The molecule has 2 aliphatic rings. The van der Waals surface area contributed by atoms with Crippen LogP contribution in [0.4, 0.5) is 5.69 Å². The maximum absolute atomic E-state index is 14.1. The SMILES string of the molecule is C=C[C@@H](Cc1ccc(OC)cc1)N(C(C)=O)C1(C(=O)Nc2ccc(OC)cc2)CCC2(CC1)OCCO2. The molecule has 2 amide bonds. The summed E-state index contributed by atoms with van der Waals surface area (Å²) in [5.74, 6) is 0.340. The lowest BCUT2D eigenvalue weighted by Gasteiger charge is -2.50. The first-order valence-electron chi connectivity index (χ1n) is 12.6. The fourth-order valence-electron chi connectivity index (χ4n) is 5.46. The van der Waals surface area contributed by atoms with Gasteiger partial charge in [0.25, 0.3) is 0 Å². The van der Waals surface area contributed by atoms with Crippen LogP contribution in [-0.4, -0.2) is 61.5 Å². The van der Waals surface area contributed by atoms with Crippen LogP contribution in [0.3, 0.4) is 0 Å². The van der Waals surface area contributed by atoms with Crippen molar-refractivity contribution in [3.63, 3.8) is 0 Å². The molecule has 1 atom stereocenters. The highest BCUT2D eigenvalue weighted by atomic mass is 16.7. The lowest BCUT2D eigenvalue weighted by Crippen LogP contribution is -2.64. The Balaban J connectivity index is 1.66. The largest absolute Gasteiger partial charge is 0.497 e. The summed E-state index contributed by atoms with van der Waals surface area (Å²) < 4.78 is 22.4. The summed E-state index contributed by atoms with van der Waals surface area (Å²) in [6, 6.07) is 14.5. The van der Waals surface area contributed by atoms with Crippen LogP contribution >= 0.6 is 0 Å². The summed E-state index contributed by atoms with van der Waals surface area (Å²) >= 11 is 0. The van der Waals surface area contributed by atoms with Gasteiger partial charge >= 0.3 is 0 Å². The average Bonchev–Trinajstić information content (AvgIpc) is 3.38. The molecule has 198 valence electrons. The number of anilines is 1. The molecule has 8 heteroatoms. The summed E-state index contributed by atoms with van der Waals surface area (Å²) in [4.78, 5) is 29.1. The Morgan fingerprint density at radius 2 is 1.51 bits per heavy atom. The van der Waals surface area contributed by atoms with E-state index in [0.717, 1.165) is 11.3 Å². The second kappa shape index (κ2) is 11.4. The highest BCUT2D eigenvalue weighted by Gasteiger charge is 2.54. The zero-order valence-corrected chi connectivity index (χ0v) is 21.8. The second-order valence-corrected chi connectivity index (χ2v) is 9.57. The third-order valence-corrected chi connectivity index (χ3v) is 7.43. The van der Waals surface area contributed by atoms with Crippen molar-refractivity contribution in [3.8, 4) is 11.5 Å². The van der Waals surface area contributed by atoms with Crippen LogP contribution in [0, 0.1) is 0 Å². The van der Waals surface area contributed by atoms with Crippen LogP contribution in [0.1, 0.15) is 38.2 Å². The smallest absolute Gasteiger partial charge is 0.250 e. The van der Waals surface area contributed by atoms with E-state index in [0.29, 0.717) is 56.8 Å². The first-order chi connectivity index (χ1) is 17.8. The van der Waals surface area contributed by atoms with Crippen LogP contribution in [-0.2, 0) is 25.5 Å². The van der Waals surface area contributed by atoms with Crippen molar-refractivity contribution in [2.45, 2.75) is 56.4 Å². The molecular weight excluding hydrogens is 472 g/mol. The van der Waals surface area contributed by atoms with Crippen LogP contribution in [0.2, 0.25) is 0 Å². The highest BCUT2D eigenvalue weighted by molar-refractivity contribution is 6.00. The number of amides is 2. The van der Waals surface area contributed by atoms with Crippen molar-refractivity contribution < 1.29 is 28.5 Å². The molecule has 1 heterocycles. The normalized spacial score (nSPS) is 18.6. The highest BCUT2D eigenvalue weighted by Crippen LogP contribution is 2.44. The van der Waals surface area contributed by atoms with E-state index in [1.165, 1.54) is 6.92 Å². The zero-order chi connectivity index (χ0) is 26.5. The monoisotopic (exact) mass is 508 g/mol. The Bertz CT molecular complexity index is 1080. The molecule has 2 aromatic rings. The van der Waals surface area contributed by atoms with Gasteiger partial charge in [-0.2, -0.15) is 0 Å². The van der Waals surface area contributed by atoms with Crippen molar-refractivity contribution in [1.82, 2.24) is 4.90 Å². The number of nitrogens with zero attached hydrogens (tertiary/aromatic N) is 1. The standard InChI is InChI=1S/C29H36N2O6/c1-5-24(20-22-6-10-25(34-3)11-7-22)31(21(2)32)28(14-16-29(17-15-28)36-18-19-37-29)27(33)30-23-8-12-26(35-4)13-9-23/h5-13,24H,1,14-20H2,2-4H3,(H,30,33)/t24-/m0/s1. The van der Waals surface area contributed by atoms with Crippen molar-refractivity contribution in [3.05, 3.63) is 66.7 Å². The van der Waals surface area contributed by atoms with Gasteiger partial charge in [-0.25, -0.2) is 0 Å². The van der Waals surface area contributed by atoms with Crippen molar-refractivity contribution in [1.29, 1.82) is 0 Å².